The third-order valence-electron chi connectivity index (χ3n) is 5.12. The van der Waals surface area contributed by atoms with E-state index in [1.165, 1.54) is 0 Å². The molecule has 0 unspecified atom stereocenters. The average molecular weight is 459 g/mol. The topological polar surface area (TPSA) is 80.9 Å². The molecule has 3 aromatic rings. The third kappa shape index (κ3) is 4.43. The molecular formula is C21H19ClN4O4S. The lowest BCUT2D eigenvalue weighted by Gasteiger charge is -2.33. The van der Waals surface area contributed by atoms with Crippen LogP contribution in [0.4, 0.5) is 0 Å². The molecule has 2 aliphatic rings. The van der Waals surface area contributed by atoms with Gasteiger partial charge in [0, 0.05) is 32.3 Å². The zero-order valence-corrected chi connectivity index (χ0v) is 18.1. The Morgan fingerprint density at radius 2 is 2.10 bits per heavy atom. The third-order valence-corrected chi connectivity index (χ3v) is 6.27. The van der Waals surface area contributed by atoms with Crippen LogP contribution in [0, 0.1) is 0 Å². The molecule has 5 rings (SSSR count). The second-order valence-electron chi connectivity index (χ2n) is 7.16. The van der Waals surface area contributed by atoms with E-state index in [2.05, 4.69) is 15.0 Å². The summed E-state index contributed by atoms with van der Waals surface area (Å²) in [6.45, 7) is 3.49. The lowest BCUT2D eigenvalue weighted by Crippen LogP contribution is -2.47. The lowest BCUT2D eigenvalue weighted by molar-refractivity contribution is -0.127. The maximum atomic E-state index is 12.6. The van der Waals surface area contributed by atoms with Gasteiger partial charge in [0.25, 0.3) is 0 Å². The SMILES string of the molecule is O=C(/C=C/c1cc(Cl)c2c(c1)OCO2)N1CCN(Cc2nc(-c3cccs3)no2)CC1. The van der Waals surface area contributed by atoms with Gasteiger partial charge >= 0.3 is 0 Å². The van der Waals surface area contributed by atoms with E-state index in [-0.39, 0.29) is 12.7 Å². The lowest BCUT2D eigenvalue weighted by atomic mass is 10.2. The van der Waals surface area contributed by atoms with Crippen molar-refractivity contribution in [1.29, 1.82) is 0 Å². The fourth-order valence-corrected chi connectivity index (χ4v) is 4.42. The highest BCUT2D eigenvalue weighted by atomic mass is 35.5. The highest BCUT2D eigenvalue weighted by Gasteiger charge is 2.22. The van der Waals surface area contributed by atoms with Crippen LogP contribution in [0.3, 0.4) is 0 Å². The number of ether oxygens (including phenoxy) is 2. The summed E-state index contributed by atoms with van der Waals surface area (Å²) in [7, 11) is 0. The zero-order valence-electron chi connectivity index (χ0n) is 16.5. The first-order valence-electron chi connectivity index (χ1n) is 9.81. The first-order chi connectivity index (χ1) is 15.2. The molecule has 0 N–H and O–H groups in total. The van der Waals surface area contributed by atoms with E-state index in [0.717, 1.165) is 23.5 Å². The molecule has 0 spiro atoms. The molecule has 0 aliphatic carbocycles. The van der Waals surface area contributed by atoms with Crippen LogP contribution >= 0.6 is 22.9 Å². The zero-order chi connectivity index (χ0) is 21.2. The summed E-state index contributed by atoms with van der Waals surface area (Å²) in [6.07, 6.45) is 3.31. The molecule has 0 bridgehead atoms. The van der Waals surface area contributed by atoms with Crippen molar-refractivity contribution >= 4 is 34.9 Å². The number of aromatic nitrogens is 2. The minimum atomic E-state index is -0.0359. The van der Waals surface area contributed by atoms with Gasteiger partial charge in [0.1, 0.15) is 0 Å². The molecule has 1 amide bonds. The van der Waals surface area contributed by atoms with E-state index in [1.807, 2.05) is 28.5 Å². The number of rotatable bonds is 5. The van der Waals surface area contributed by atoms with Gasteiger partial charge in [-0.2, -0.15) is 4.98 Å². The van der Waals surface area contributed by atoms with Crippen molar-refractivity contribution in [2.24, 2.45) is 0 Å². The van der Waals surface area contributed by atoms with Crippen LogP contribution in [-0.4, -0.2) is 58.8 Å². The van der Waals surface area contributed by atoms with Gasteiger partial charge in [-0.1, -0.05) is 22.8 Å². The molecule has 160 valence electrons. The van der Waals surface area contributed by atoms with Crippen molar-refractivity contribution in [1.82, 2.24) is 19.9 Å². The van der Waals surface area contributed by atoms with Crippen LogP contribution in [0.2, 0.25) is 5.02 Å². The number of thiophene rings is 1. The van der Waals surface area contributed by atoms with Gasteiger partial charge < -0.3 is 18.9 Å². The summed E-state index contributed by atoms with van der Waals surface area (Å²) in [6, 6.07) is 7.49. The fourth-order valence-electron chi connectivity index (χ4n) is 3.50. The largest absolute Gasteiger partial charge is 0.454 e. The standard InChI is InChI=1S/C21H19ClN4O4S/c22-15-10-14(11-16-20(15)29-13-28-16)3-4-19(27)26-7-5-25(6-8-26)12-18-23-21(24-30-18)17-2-1-9-31-17/h1-4,9-11H,5-8,12-13H2/b4-3+. The average Bonchev–Trinajstić information content (AvgIpc) is 3.53. The number of halogens is 1. The number of carbonyl (C=O) groups excluding carboxylic acids is 1. The van der Waals surface area contributed by atoms with Crippen molar-refractivity contribution < 1.29 is 18.8 Å². The Morgan fingerprint density at radius 1 is 1.23 bits per heavy atom. The quantitative estimate of drug-likeness (QED) is 0.541. The van der Waals surface area contributed by atoms with E-state index < -0.39 is 0 Å². The molecule has 10 heteroatoms. The minimum absolute atomic E-state index is 0.0359. The summed E-state index contributed by atoms with van der Waals surface area (Å²) >= 11 is 7.77. The van der Waals surface area contributed by atoms with Crippen LogP contribution in [0.5, 0.6) is 11.5 Å². The molecule has 0 atom stereocenters. The molecule has 0 radical (unpaired) electrons. The summed E-state index contributed by atoms with van der Waals surface area (Å²) in [5.41, 5.74) is 0.791. The normalized spacial score (nSPS) is 16.4. The van der Waals surface area contributed by atoms with Crippen molar-refractivity contribution in [3.05, 3.63) is 52.2 Å². The molecule has 31 heavy (non-hydrogen) atoms. The molecule has 1 saturated heterocycles. The van der Waals surface area contributed by atoms with E-state index in [0.29, 0.717) is 47.9 Å². The predicted octanol–water partition coefficient (Wildman–Crippen LogP) is 3.54. The van der Waals surface area contributed by atoms with Crippen molar-refractivity contribution in [3.63, 3.8) is 0 Å². The van der Waals surface area contributed by atoms with Gasteiger partial charge in [0.15, 0.2) is 11.5 Å². The number of hydrogen-bond acceptors (Lipinski definition) is 8. The van der Waals surface area contributed by atoms with Crippen molar-refractivity contribution in [2.45, 2.75) is 6.54 Å². The number of amides is 1. The summed E-state index contributed by atoms with van der Waals surface area (Å²) in [5, 5.41) is 6.50. The Labute approximate surface area is 187 Å². The van der Waals surface area contributed by atoms with Crippen LogP contribution in [0.15, 0.2) is 40.2 Å². The Morgan fingerprint density at radius 3 is 2.90 bits per heavy atom. The van der Waals surface area contributed by atoms with Gasteiger partial charge in [0.05, 0.1) is 16.4 Å². The summed E-state index contributed by atoms with van der Waals surface area (Å²) in [4.78, 5) is 22.1. The van der Waals surface area contributed by atoms with Gasteiger partial charge in [-0.15, -0.1) is 11.3 Å². The van der Waals surface area contributed by atoms with Crippen molar-refractivity contribution in [2.75, 3.05) is 33.0 Å². The molecule has 1 aromatic carbocycles. The minimum Gasteiger partial charge on any atom is -0.454 e. The van der Waals surface area contributed by atoms with E-state index in [1.54, 1.807) is 29.6 Å². The van der Waals surface area contributed by atoms with Crippen LogP contribution < -0.4 is 9.47 Å². The van der Waals surface area contributed by atoms with Gasteiger partial charge in [-0.25, -0.2) is 0 Å². The highest BCUT2D eigenvalue weighted by molar-refractivity contribution is 7.13. The van der Waals surface area contributed by atoms with Gasteiger partial charge in [-0.05, 0) is 35.2 Å². The number of benzene rings is 1. The molecule has 2 aliphatic heterocycles. The maximum Gasteiger partial charge on any atom is 0.246 e. The second kappa shape index (κ2) is 8.70. The monoisotopic (exact) mass is 458 g/mol. The second-order valence-corrected chi connectivity index (χ2v) is 8.52. The Bertz CT molecular complexity index is 1110. The molecule has 8 nitrogen and oxygen atoms in total. The van der Waals surface area contributed by atoms with Crippen LogP contribution in [-0.2, 0) is 11.3 Å². The van der Waals surface area contributed by atoms with Crippen LogP contribution in [0.25, 0.3) is 16.8 Å². The summed E-state index contributed by atoms with van der Waals surface area (Å²) in [5.74, 6) is 2.31. The van der Waals surface area contributed by atoms with E-state index in [9.17, 15) is 4.79 Å². The van der Waals surface area contributed by atoms with Gasteiger partial charge in [-0.3, -0.25) is 9.69 Å². The Kier molecular flexibility index (Phi) is 5.63. The first kappa shape index (κ1) is 20.0. The predicted molar refractivity (Wildman–Crippen MR) is 116 cm³/mol. The smallest absolute Gasteiger partial charge is 0.246 e. The number of hydrogen-bond donors (Lipinski definition) is 0. The highest BCUT2D eigenvalue weighted by Crippen LogP contribution is 2.40. The van der Waals surface area contributed by atoms with E-state index in [4.69, 9.17) is 25.6 Å². The summed E-state index contributed by atoms with van der Waals surface area (Å²) < 4.78 is 16.0. The number of fused-ring (bicyclic) bond motifs is 1. The molecule has 1 fully saturated rings. The van der Waals surface area contributed by atoms with E-state index >= 15 is 0 Å². The first-order valence-corrected chi connectivity index (χ1v) is 11.1. The maximum absolute atomic E-state index is 12.6. The molecular weight excluding hydrogens is 440 g/mol. The Balaban J connectivity index is 1.14. The van der Waals surface area contributed by atoms with Gasteiger partial charge in [0.2, 0.25) is 24.4 Å². The number of piperazine rings is 1. The Hall–Kier alpha value is -2.88. The van der Waals surface area contributed by atoms with Crippen LogP contribution in [0.1, 0.15) is 11.5 Å². The molecule has 4 heterocycles. The fraction of sp³-hybridized carbons (Fsp3) is 0.286. The number of carbonyl (C=O) groups is 1. The molecule has 0 saturated carbocycles. The molecule has 2 aromatic heterocycles. The number of nitrogens with zero attached hydrogens (tertiary/aromatic N) is 4. The van der Waals surface area contributed by atoms with Crippen molar-refractivity contribution in [3.8, 4) is 22.2 Å².